The minimum atomic E-state index is -4.60. The number of carboxylic acids is 1. The van der Waals surface area contributed by atoms with Crippen LogP contribution in [0.15, 0.2) is 79.5 Å². The Bertz CT molecular complexity index is 1600. The number of aliphatic hydroxyl groups is 2. The Kier molecular flexibility index (Phi) is 9.18. The molecule has 4 aromatic rings. The highest BCUT2D eigenvalue weighted by Gasteiger charge is 2.31. The quantitative estimate of drug-likeness (QED) is 0.174. The molecule has 2 aromatic carbocycles. The van der Waals surface area contributed by atoms with E-state index < -0.39 is 36.3 Å². The molecule has 2 aromatic heterocycles. The molecule has 0 radical (unpaired) electrons. The summed E-state index contributed by atoms with van der Waals surface area (Å²) in [6.45, 7) is 5.62. The molecule has 2 heterocycles. The van der Waals surface area contributed by atoms with Gasteiger partial charge in [-0.25, -0.2) is 15.0 Å². The lowest BCUT2D eigenvalue weighted by Gasteiger charge is -2.14. The summed E-state index contributed by atoms with van der Waals surface area (Å²) in [5.41, 5.74) is 1.27. The van der Waals surface area contributed by atoms with Crippen LogP contribution in [0.4, 0.5) is 24.8 Å². The number of allylic oxidation sites excluding steroid dienone is 1. The fraction of sp³-hybridized carbons (Fsp3) is 0.200. The number of benzene rings is 2. The Morgan fingerprint density at radius 2 is 1.83 bits per heavy atom. The summed E-state index contributed by atoms with van der Waals surface area (Å²) in [7, 11) is 0. The molecule has 0 aliphatic carbocycles. The van der Waals surface area contributed by atoms with Gasteiger partial charge >= 0.3 is 12.1 Å². The number of aliphatic carboxylic acids is 1. The molecule has 0 fully saturated rings. The summed E-state index contributed by atoms with van der Waals surface area (Å²) in [5, 5.41) is 32.3. The summed E-state index contributed by atoms with van der Waals surface area (Å²) >= 11 is 0. The summed E-state index contributed by atoms with van der Waals surface area (Å²) in [4.78, 5) is 24.4. The summed E-state index contributed by atoms with van der Waals surface area (Å²) in [5.74, 6) is -0.707. The largest absolute Gasteiger partial charge is 0.481 e. The molecule has 0 aliphatic rings. The van der Waals surface area contributed by atoms with Crippen molar-refractivity contribution in [1.29, 1.82) is 0 Å². The van der Waals surface area contributed by atoms with E-state index in [1.165, 1.54) is 35.2 Å². The van der Waals surface area contributed by atoms with E-state index in [1.807, 2.05) is 30.3 Å². The molecule has 9 nitrogen and oxygen atoms in total. The van der Waals surface area contributed by atoms with E-state index in [0.29, 0.717) is 11.3 Å². The number of hydrogen-bond acceptors (Lipinski definition) is 7. The number of nitrogens with one attached hydrogen (secondary N) is 1. The first-order chi connectivity index (χ1) is 19.9. The Hall–Kier alpha value is -4.81. The first-order valence-corrected chi connectivity index (χ1v) is 12.8. The van der Waals surface area contributed by atoms with E-state index in [4.69, 9.17) is 5.11 Å². The van der Waals surface area contributed by atoms with Gasteiger partial charge in [0.25, 0.3) is 0 Å². The highest BCUT2D eigenvalue weighted by molar-refractivity contribution is 5.82. The van der Waals surface area contributed by atoms with Gasteiger partial charge in [0.05, 0.1) is 35.6 Å². The minimum Gasteiger partial charge on any atom is -0.481 e. The van der Waals surface area contributed by atoms with E-state index in [0.717, 1.165) is 17.8 Å². The highest BCUT2D eigenvalue weighted by atomic mass is 19.4. The topological polar surface area (TPSA) is 133 Å². The molecule has 0 spiro atoms. The first kappa shape index (κ1) is 30.2. The zero-order valence-corrected chi connectivity index (χ0v) is 22.5. The predicted molar refractivity (Wildman–Crippen MR) is 152 cm³/mol. The molecule has 4 rings (SSSR count). The molecular formula is C30H28F3N5O4. The molecule has 0 aliphatic heterocycles. The van der Waals surface area contributed by atoms with Crippen molar-refractivity contribution in [2.75, 3.05) is 5.32 Å². The van der Waals surface area contributed by atoms with Crippen LogP contribution in [0.1, 0.15) is 31.2 Å². The van der Waals surface area contributed by atoms with Crippen molar-refractivity contribution in [1.82, 2.24) is 19.5 Å². The Balaban J connectivity index is 1.86. The summed E-state index contributed by atoms with van der Waals surface area (Å²) < 4.78 is 42.5. The lowest BCUT2D eigenvalue weighted by atomic mass is 10.0. The second-order valence-corrected chi connectivity index (χ2v) is 9.51. The third kappa shape index (κ3) is 7.47. The van der Waals surface area contributed by atoms with Gasteiger partial charge in [0, 0.05) is 30.1 Å². The third-order valence-corrected chi connectivity index (χ3v) is 6.07. The van der Waals surface area contributed by atoms with E-state index in [1.54, 1.807) is 13.0 Å². The number of carboxylic acid groups (broad SMARTS) is 1. The molecule has 218 valence electrons. The van der Waals surface area contributed by atoms with E-state index >= 15 is 0 Å². The van der Waals surface area contributed by atoms with Crippen LogP contribution in [0.5, 0.6) is 0 Å². The first-order valence-electron chi connectivity index (χ1n) is 12.8. The standard InChI is InChI=1S/C30H28F3N5O4/c1-18(2)28-37-26(24-11-13-34-29(36-24)35-21-9-4-3-5-10-21)27(19-7-6-8-20(15-19)30(31,32)33)38(28)14-12-22(39)16-23(40)17-25(41)42/h3-15,22-23,39-40H,1,16-17H2,2H3,(H,41,42)(H,34,35,36)/b14-12+. The number of hydrogen-bond donors (Lipinski definition) is 4. The fourth-order valence-corrected chi connectivity index (χ4v) is 4.21. The van der Waals surface area contributed by atoms with Gasteiger partial charge in [0.2, 0.25) is 5.95 Å². The summed E-state index contributed by atoms with van der Waals surface area (Å²) in [6.07, 6.45) is -3.82. The molecule has 4 N–H and O–H groups in total. The van der Waals surface area contributed by atoms with Gasteiger partial charge in [-0.2, -0.15) is 13.2 Å². The van der Waals surface area contributed by atoms with Crippen molar-refractivity contribution in [3.63, 3.8) is 0 Å². The van der Waals surface area contributed by atoms with Gasteiger partial charge in [-0.15, -0.1) is 0 Å². The second kappa shape index (κ2) is 12.8. The van der Waals surface area contributed by atoms with Gasteiger partial charge in [-0.05, 0) is 48.9 Å². The lowest BCUT2D eigenvalue weighted by Crippen LogP contribution is -2.19. The van der Waals surface area contributed by atoms with Crippen molar-refractivity contribution in [3.05, 3.63) is 90.9 Å². The van der Waals surface area contributed by atoms with Crippen molar-refractivity contribution < 1.29 is 33.3 Å². The van der Waals surface area contributed by atoms with Crippen molar-refractivity contribution >= 4 is 29.4 Å². The number of nitrogens with zero attached hydrogens (tertiary/aromatic N) is 4. The Labute approximate surface area is 239 Å². The average molecular weight is 580 g/mol. The van der Waals surface area contributed by atoms with Crippen LogP contribution in [-0.4, -0.2) is 53.0 Å². The van der Waals surface area contributed by atoms with Crippen LogP contribution < -0.4 is 5.32 Å². The van der Waals surface area contributed by atoms with Crippen molar-refractivity contribution in [3.8, 4) is 22.6 Å². The normalized spacial score (nSPS) is 13.2. The van der Waals surface area contributed by atoms with Crippen LogP contribution in [0.3, 0.4) is 0 Å². The lowest BCUT2D eigenvalue weighted by molar-refractivity contribution is -0.139. The van der Waals surface area contributed by atoms with Gasteiger partial charge in [0.1, 0.15) is 11.5 Å². The number of para-hydroxylation sites is 1. The maximum atomic E-state index is 13.7. The van der Waals surface area contributed by atoms with E-state index in [9.17, 15) is 28.2 Å². The van der Waals surface area contributed by atoms with Crippen molar-refractivity contribution in [2.45, 2.75) is 38.1 Å². The summed E-state index contributed by atoms with van der Waals surface area (Å²) in [6, 6.07) is 15.5. The van der Waals surface area contributed by atoms with Crippen LogP contribution in [-0.2, 0) is 11.0 Å². The molecule has 12 heteroatoms. The van der Waals surface area contributed by atoms with Crippen LogP contribution in [0, 0.1) is 0 Å². The number of alkyl halides is 3. The maximum Gasteiger partial charge on any atom is 0.416 e. The number of carbonyl (C=O) groups is 1. The van der Waals surface area contributed by atoms with Crippen LogP contribution >= 0.6 is 0 Å². The van der Waals surface area contributed by atoms with Gasteiger partial charge in [-0.3, -0.25) is 9.36 Å². The van der Waals surface area contributed by atoms with E-state index in [2.05, 4.69) is 26.8 Å². The number of halogens is 3. The third-order valence-electron chi connectivity index (χ3n) is 6.07. The molecule has 0 bridgehead atoms. The molecular weight excluding hydrogens is 551 g/mol. The number of aliphatic hydroxyl groups excluding tert-OH is 2. The number of rotatable bonds is 11. The number of imidazole rings is 1. The smallest absolute Gasteiger partial charge is 0.416 e. The van der Waals surface area contributed by atoms with Gasteiger partial charge in [-0.1, -0.05) is 36.9 Å². The van der Waals surface area contributed by atoms with Gasteiger partial charge < -0.3 is 20.6 Å². The molecule has 42 heavy (non-hydrogen) atoms. The van der Waals surface area contributed by atoms with Crippen LogP contribution in [0.25, 0.3) is 34.4 Å². The van der Waals surface area contributed by atoms with Gasteiger partial charge in [0.15, 0.2) is 0 Å². The predicted octanol–water partition coefficient (Wildman–Crippen LogP) is 5.86. The molecule has 2 unspecified atom stereocenters. The van der Waals surface area contributed by atoms with Crippen LogP contribution in [0.2, 0.25) is 0 Å². The zero-order chi connectivity index (χ0) is 30.4. The highest BCUT2D eigenvalue weighted by Crippen LogP contribution is 2.38. The van der Waals surface area contributed by atoms with Crippen molar-refractivity contribution in [2.24, 2.45) is 0 Å². The molecule has 0 amide bonds. The SMILES string of the molecule is C=C(C)c1nc(-c2ccnc(Nc3ccccc3)n2)c(-c2cccc(C(F)(F)F)c2)n1/C=C/C(O)CC(O)CC(=O)O. The number of anilines is 2. The number of aromatic nitrogens is 4. The Morgan fingerprint density at radius 1 is 1.10 bits per heavy atom. The average Bonchev–Trinajstić information content (AvgIpc) is 3.32. The fourth-order valence-electron chi connectivity index (χ4n) is 4.21. The molecule has 0 saturated carbocycles. The zero-order valence-electron chi connectivity index (χ0n) is 22.5. The molecule has 2 atom stereocenters. The molecule has 0 saturated heterocycles. The monoisotopic (exact) mass is 579 g/mol. The maximum absolute atomic E-state index is 13.7. The second-order valence-electron chi connectivity index (χ2n) is 9.51. The Morgan fingerprint density at radius 3 is 2.50 bits per heavy atom. The minimum absolute atomic E-state index is 0.168. The van der Waals surface area contributed by atoms with E-state index in [-0.39, 0.29) is 35.1 Å².